The molecule has 0 aliphatic heterocycles. The Kier molecular flexibility index (Phi) is 10.7. The van der Waals surface area contributed by atoms with Gasteiger partial charge in [-0.3, -0.25) is 0 Å². The quantitative estimate of drug-likeness (QED) is 0.0897. The molecule has 13 heteroatoms. The van der Waals surface area contributed by atoms with E-state index >= 15 is 0 Å². The van der Waals surface area contributed by atoms with E-state index in [1.807, 2.05) is 116 Å². The molecule has 11 nitrogen and oxygen atoms in total. The monoisotopic (exact) mass is 738 g/mol. The summed E-state index contributed by atoms with van der Waals surface area (Å²) in [6.45, 7) is 2.54. The van der Waals surface area contributed by atoms with Gasteiger partial charge in [-0.1, -0.05) is 90.5 Å². The Balaban J connectivity index is 1.08. The third-order valence-corrected chi connectivity index (χ3v) is 8.71. The molecule has 0 saturated carbocycles. The average Bonchev–Trinajstić information content (AvgIpc) is 3.76. The molecule has 0 amide bonds. The molecule has 0 aliphatic carbocycles. The maximum atomic E-state index is 6.38. The van der Waals surface area contributed by atoms with Crippen molar-refractivity contribution in [2.75, 3.05) is 7.11 Å². The van der Waals surface area contributed by atoms with Gasteiger partial charge in [-0.2, -0.15) is 29.8 Å². The van der Waals surface area contributed by atoms with Crippen molar-refractivity contribution >= 4 is 36.9 Å². The standard InChI is InChI=1S/C40H34N8O3S2/c1-27-21-32(25-50-34-19-11-9-17-30(34)23-41-47-37(43-45-39(47)52)28-13-5-3-6-14-28)36(49-2)33(22-27)26-51-35-20-12-10-18-31(35)24-42-48-38(44-46-40(48)53)29-15-7-4-8-16-29/h3-24H,25-26H2,1-2H3,(H,45,52)(H,46,53)/b41-23+,42-24+. The molecule has 264 valence electrons. The molecule has 2 N–H and O–H groups in total. The highest BCUT2D eigenvalue weighted by molar-refractivity contribution is 7.71. The zero-order chi connectivity index (χ0) is 36.6. The summed E-state index contributed by atoms with van der Waals surface area (Å²) in [5.41, 5.74) is 6.12. The smallest absolute Gasteiger partial charge is 0.216 e. The number of benzene rings is 5. The van der Waals surface area contributed by atoms with Crippen LogP contribution in [0.1, 0.15) is 27.8 Å². The first-order valence-corrected chi connectivity index (χ1v) is 17.4. The van der Waals surface area contributed by atoms with Crippen molar-refractivity contribution in [1.29, 1.82) is 0 Å². The third-order valence-electron chi connectivity index (χ3n) is 8.19. The van der Waals surface area contributed by atoms with Gasteiger partial charge in [0.25, 0.3) is 0 Å². The zero-order valence-corrected chi connectivity index (χ0v) is 30.5. The summed E-state index contributed by atoms with van der Waals surface area (Å²) in [5.74, 6) is 3.20. The van der Waals surface area contributed by atoms with E-state index in [1.54, 1.807) is 28.9 Å². The SMILES string of the molecule is COc1c(COc2ccccc2/C=N/n2c(-c3ccccc3)n[nH]c2=S)cc(C)cc1COc1ccccc1/C=N/n1c(-c2ccccc2)n[nH]c1=S. The van der Waals surface area contributed by atoms with Crippen LogP contribution < -0.4 is 14.2 Å². The van der Waals surface area contributed by atoms with Crippen LogP contribution in [0, 0.1) is 16.5 Å². The normalized spacial score (nSPS) is 11.4. The predicted octanol–water partition coefficient (Wildman–Crippen LogP) is 8.77. The number of para-hydroxylation sites is 2. The summed E-state index contributed by atoms with van der Waals surface area (Å²) in [6, 6.07) is 38.9. The van der Waals surface area contributed by atoms with Gasteiger partial charge in [-0.05, 0) is 67.8 Å². The fraction of sp³-hybridized carbons (Fsp3) is 0.100. The highest BCUT2D eigenvalue weighted by Crippen LogP contribution is 2.30. The summed E-state index contributed by atoms with van der Waals surface area (Å²) < 4.78 is 22.7. The van der Waals surface area contributed by atoms with Gasteiger partial charge in [-0.25, -0.2) is 10.2 Å². The van der Waals surface area contributed by atoms with Crippen molar-refractivity contribution in [2.45, 2.75) is 20.1 Å². The van der Waals surface area contributed by atoms with Crippen molar-refractivity contribution < 1.29 is 14.2 Å². The lowest BCUT2D eigenvalue weighted by Crippen LogP contribution is -2.06. The molecule has 0 fully saturated rings. The van der Waals surface area contributed by atoms with Gasteiger partial charge in [0.2, 0.25) is 9.54 Å². The fourth-order valence-electron chi connectivity index (χ4n) is 5.74. The van der Waals surface area contributed by atoms with Crippen LogP contribution in [-0.4, -0.2) is 49.3 Å². The van der Waals surface area contributed by atoms with Gasteiger partial charge in [0, 0.05) is 33.4 Å². The Morgan fingerprint density at radius 2 is 1.04 bits per heavy atom. The predicted molar refractivity (Wildman–Crippen MR) is 211 cm³/mol. The van der Waals surface area contributed by atoms with E-state index in [0.29, 0.717) is 38.4 Å². The molecular weight excluding hydrogens is 705 g/mol. The van der Waals surface area contributed by atoms with E-state index in [-0.39, 0.29) is 13.2 Å². The molecule has 0 unspecified atom stereocenters. The van der Waals surface area contributed by atoms with Crippen molar-refractivity contribution in [1.82, 2.24) is 29.7 Å². The van der Waals surface area contributed by atoms with Crippen LogP contribution in [0.3, 0.4) is 0 Å². The Morgan fingerprint density at radius 1 is 0.623 bits per heavy atom. The summed E-state index contributed by atoms with van der Waals surface area (Å²) in [6.07, 6.45) is 3.42. The number of methoxy groups -OCH3 is 1. The molecular formula is C40H34N8O3S2. The summed E-state index contributed by atoms with van der Waals surface area (Å²) in [4.78, 5) is 0. The minimum Gasteiger partial charge on any atom is -0.496 e. The number of nitrogens with zero attached hydrogens (tertiary/aromatic N) is 6. The summed E-state index contributed by atoms with van der Waals surface area (Å²) in [5, 5.41) is 23.7. The second kappa shape index (κ2) is 16.3. The maximum Gasteiger partial charge on any atom is 0.216 e. The van der Waals surface area contributed by atoms with Crippen LogP contribution in [0.4, 0.5) is 0 Å². The van der Waals surface area contributed by atoms with Gasteiger partial charge >= 0.3 is 0 Å². The van der Waals surface area contributed by atoms with E-state index in [1.165, 1.54) is 0 Å². The van der Waals surface area contributed by atoms with Crippen molar-refractivity contribution in [3.05, 3.63) is 159 Å². The van der Waals surface area contributed by atoms with Crippen LogP contribution in [0.25, 0.3) is 22.8 Å². The maximum absolute atomic E-state index is 6.38. The van der Waals surface area contributed by atoms with Crippen molar-refractivity contribution in [3.8, 4) is 40.0 Å². The Morgan fingerprint density at radius 3 is 1.47 bits per heavy atom. The number of hydrogen-bond acceptors (Lipinski definition) is 9. The van der Waals surface area contributed by atoms with Crippen LogP contribution >= 0.6 is 24.4 Å². The van der Waals surface area contributed by atoms with Gasteiger partial charge < -0.3 is 14.2 Å². The molecule has 7 rings (SSSR count). The highest BCUT2D eigenvalue weighted by atomic mass is 32.1. The molecule has 0 bridgehead atoms. The fourth-order valence-corrected chi connectivity index (χ4v) is 6.10. The lowest BCUT2D eigenvalue weighted by molar-refractivity contribution is 0.282. The third kappa shape index (κ3) is 8.06. The van der Waals surface area contributed by atoms with E-state index in [0.717, 1.165) is 38.9 Å². The topological polar surface area (TPSA) is 120 Å². The number of rotatable bonds is 13. The van der Waals surface area contributed by atoms with Crippen LogP contribution in [0.15, 0.2) is 132 Å². The van der Waals surface area contributed by atoms with Crippen LogP contribution in [0.5, 0.6) is 17.2 Å². The molecule has 5 aromatic carbocycles. The molecule has 0 radical (unpaired) electrons. The molecule has 0 aliphatic rings. The number of aromatic amines is 2. The first-order valence-electron chi connectivity index (χ1n) is 16.6. The lowest BCUT2D eigenvalue weighted by Gasteiger charge is -2.17. The molecule has 2 aromatic heterocycles. The molecule has 0 atom stereocenters. The van der Waals surface area contributed by atoms with E-state index in [9.17, 15) is 0 Å². The number of H-pyrrole nitrogens is 2. The van der Waals surface area contributed by atoms with Gasteiger partial charge in [-0.15, -0.1) is 0 Å². The molecule has 7 aromatic rings. The number of aromatic nitrogens is 6. The summed E-state index contributed by atoms with van der Waals surface area (Å²) in [7, 11) is 1.65. The molecule has 0 saturated heterocycles. The van der Waals surface area contributed by atoms with Crippen LogP contribution in [-0.2, 0) is 13.2 Å². The largest absolute Gasteiger partial charge is 0.496 e. The van der Waals surface area contributed by atoms with E-state index in [2.05, 4.69) is 42.7 Å². The van der Waals surface area contributed by atoms with E-state index in [4.69, 9.17) is 38.6 Å². The molecule has 2 heterocycles. The number of nitrogens with one attached hydrogen (secondary N) is 2. The number of aryl methyl sites for hydroxylation is 1. The first kappa shape index (κ1) is 35.0. The average molecular weight is 739 g/mol. The van der Waals surface area contributed by atoms with Crippen molar-refractivity contribution in [3.63, 3.8) is 0 Å². The van der Waals surface area contributed by atoms with Gasteiger partial charge in [0.15, 0.2) is 11.6 Å². The van der Waals surface area contributed by atoms with Crippen LogP contribution in [0.2, 0.25) is 0 Å². The Hall–Kier alpha value is -6.44. The second-order valence-electron chi connectivity index (χ2n) is 11.8. The second-order valence-corrected chi connectivity index (χ2v) is 12.6. The lowest BCUT2D eigenvalue weighted by atomic mass is 10.1. The van der Waals surface area contributed by atoms with E-state index < -0.39 is 0 Å². The zero-order valence-electron chi connectivity index (χ0n) is 28.8. The van der Waals surface area contributed by atoms with Gasteiger partial charge in [0.05, 0.1) is 19.5 Å². The summed E-state index contributed by atoms with van der Waals surface area (Å²) >= 11 is 10.9. The first-order chi connectivity index (χ1) is 26.0. The minimum atomic E-state index is 0.251. The minimum absolute atomic E-state index is 0.251. The van der Waals surface area contributed by atoms with Gasteiger partial charge in [0.1, 0.15) is 30.5 Å². The highest BCUT2D eigenvalue weighted by Gasteiger charge is 2.15. The number of hydrogen-bond donors (Lipinski definition) is 2. The van der Waals surface area contributed by atoms with Crippen molar-refractivity contribution in [2.24, 2.45) is 10.2 Å². The number of ether oxygens (including phenoxy) is 3. The molecule has 53 heavy (non-hydrogen) atoms. The Bertz CT molecular complexity index is 2350. The Labute approximate surface area is 315 Å². The molecule has 0 spiro atoms.